The minimum absolute atomic E-state index is 0.188. The molecule has 1 N–H and O–H groups in total. The van der Waals surface area contributed by atoms with Gasteiger partial charge in [0.15, 0.2) is 0 Å². The van der Waals surface area contributed by atoms with Crippen LogP contribution in [-0.2, 0) is 20.7 Å². The maximum atomic E-state index is 12.1. The molecule has 0 bridgehead atoms. The summed E-state index contributed by atoms with van der Waals surface area (Å²) in [5.74, 6) is -0.601. The Hall–Kier alpha value is -2.36. The summed E-state index contributed by atoms with van der Waals surface area (Å²) in [6, 6.07) is 13.2. The lowest BCUT2D eigenvalue weighted by atomic mass is 10.0. The second-order valence-corrected chi connectivity index (χ2v) is 4.86. The standard InChI is InChI=1S/C17H19NO3/c1-3-21-17(20)12(2)18-16(19)11-14-9-6-8-13-7-4-5-10-15(13)14/h4-10,12H,3,11H2,1-2H3,(H,18,19). The number of nitrogens with one attached hydrogen (secondary N) is 1. The molecule has 0 saturated carbocycles. The molecule has 2 rings (SSSR count). The molecule has 4 nitrogen and oxygen atoms in total. The monoisotopic (exact) mass is 285 g/mol. The Morgan fingerprint density at radius 1 is 1.14 bits per heavy atom. The molecule has 0 saturated heterocycles. The maximum Gasteiger partial charge on any atom is 0.328 e. The summed E-state index contributed by atoms with van der Waals surface area (Å²) in [5, 5.41) is 4.82. The Morgan fingerprint density at radius 2 is 1.86 bits per heavy atom. The predicted octanol–water partition coefficient (Wildman–Crippen LogP) is 2.45. The smallest absolute Gasteiger partial charge is 0.328 e. The van der Waals surface area contributed by atoms with Crippen LogP contribution in [0, 0.1) is 0 Å². The van der Waals surface area contributed by atoms with Crippen LogP contribution in [0.5, 0.6) is 0 Å². The van der Waals surface area contributed by atoms with Crippen molar-refractivity contribution in [3.8, 4) is 0 Å². The van der Waals surface area contributed by atoms with Gasteiger partial charge in [0, 0.05) is 0 Å². The van der Waals surface area contributed by atoms with Gasteiger partial charge in [0.1, 0.15) is 6.04 Å². The highest BCUT2D eigenvalue weighted by molar-refractivity contribution is 5.91. The normalized spacial score (nSPS) is 11.9. The number of hydrogen-bond donors (Lipinski definition) is 1. The van der Waals surface area contributed by atoms with Crippen molar-refractivity contribution in [3.05, 3.63) is 48.0 Å². The lowest BCUT2D eigenvalue weighted by molar-refractivity contribution is -0.146. The van der Waals surface area contributed by atoms with Crippen LogP contribution in [-0.4, -0.2) is 24.5 Å². The summed E-state index contributed by atoms with van der Waals surface area (Å²) in [4.78, 5) is 23.6. The van der Waals surface area contributed by atoms with E-state index < -0.39 is 12.0 Å². The lowest BCUT2D eigenvalue weighted by Gasteiger charge is -2.13. The molecule has 0 heterocycles. The fourth-order valence-electron chi connectivity index (χ4n) is 2.24. The second kappa shape index (κ2) is 6.88. The van der Waals surface area contributed by atoms with E-state index in [1.807, 2.05) is 42.5 Å². The SMILES string of the molecule is CCOC(=O)C(C)NC(=O)Cc1cccc2ccccc12. The van der Waals surface area contributed by atoms with Crippen LogP contribution in [0.1, 0.15) is 19.4 Å². The van der Waals surface area contributed by atoms with Crippen molar-refractivity contribution in [1.82, 2.24) is 5.32 Å². The highest BCUT2D eigenvalue weighted by Crippen LogP contribution is 2.18. The highest BCUT2D eigenvalue weighted by atomic mass is 16.5. The zero-order chi connectivity index (χ0) is 15.2. The third-order valence-electron chi connectivity index (χ3n) is 3.25. The van der Waals surface area contributed by atoms with E-state index in [0.717, 1.165) is 16.3 Å². The van der Waals surface area contributed by atoms with E-state index in [1.54, 1.807) is 13.8 Å². The molecular formula is C17H19NO3. The number of benzene rings is 2. The summed E-state index contributed by atoms with van der Waals surface area (Å²) in [6.07, 6.45) is 0.241. The highest BCUT2D eigenvalue weighted by Gasteiger charge is 2.17. The molecule has 1 atom stereocenters. The van der Waals surface area contributed by atoms with Crippen LogP contribution in [0.25, 0.3) is 10.8 Å². The van der Waals surface area contributed by atoms with E-state index in [0.29, 0.717) is 6.61 Å². The summed E-state index contributed by atoms with van der Waals surface area (Å²) >= 11 is 0. The zero-order valence-corrected chi connectivity index (χ0v) is 12.3. The van der Waals surface area contributed by atoms with Crippen LogP contribution in [0.4, 0.5) is 0 Å². The number of carbonyl (C=O) groups is 2. The Morgan fingerprint density at radius 3 is 2.62 bits per heavy atom. The van der Waals surface area contributed by atoms with Crippen LogP contribution < -0.4 is 5.32 Å². The van der Waals surface area contributed by atoms with Crippen LogP contribution in [0.3, 0.4) is 0 Å². The number of esters is 1. The van der Waals surface area contributed by atoms with E-state index in [4.69, 9.17) is 4.74 Å². The Kier molecular flexibility index (Phi) is 4.93. The first-order valence-electron chi connectivity index (χ1n) is 7.04. The molecule has 0 radical (unpaired) electrons. The van der Waals surface area contributed by atoms with Gasteiger partial charge in [0.2, 0.25) is 5.91 Å². The van der Waals surface area contributed by atoms with E-state index >= 15 is 0 Å². The predicted molar refractivity (Wildman–Crippen MR) is 81.9 cm³/mol. The molecule has 110 valence electrons. The maximum absolute atomic E-state index is 12.1. The van der Waals surface area contributed by atoms with Crippen molar-refractivity contribution in [2.75, 3.05) is 6.61 Å². The third-order valence-corrected chi connectivity index (χ3v) is 3.25. The Labute approximate surface area is 124 Å². The number of ether oxygens (including phenoxy) is 1. The Balaban J connectivity index is 2.06. The molecule has 4 heteroatoms. The number of amides is 1. The Bertz CT molecular complexity index is 646. The molecule has 21 heavy (non-hydrogen) atoms. The number of carbonyl (C=O) groups excluding carboxylic acids is 2. The fraction of sp³-hybridized carbons (Fsp3) is 0.294. The summed E-state index contributed by atoms with van der Waals surface area (Å²) in [6.45, 7) is 3.67. The summed E-state index contributed by atoms with van der Waals surface area (Å²) in [5.41, 5.74) is 0.946. The van der Waals surface area contributed by atoms with Crippen LogP contribution in [0.15, 0.2) is 42.5 Å². The topological polar surface area (TPSA) is 55.4 Å². The minimum atomic E-state index is -0.632. The molecule has 1 unspecified atom stereocenters. The molecule has 2 aromatic carbocycles. The second-order valence-electron chi connectivity index (χ2n) is 4.86. The van der Waals surface area contributed by atoms with Crippen LogP contribution in [0.2, 0.25) is 0 Å². The first-order chi connectivity index (χ1) is 10.1. The molecule has 0 aliphatic heterocycles. The van der Waals surface area contributed by atoms with Gasteiger partial charge < -0.3 is 10.1 Å². The van der Waals surface area contributed by atoms with Crippen molar-refractivity contribution in [1.29, 1.82) is 0 Å². The molecule has 0 fully saturated rings. The molecular weight excluding hydrogens is 266 g/mol. The van der Waals surface area contributed by atoms with Gasteiger partial charge in [-0.1, -0.05) is 42.5 Å². The zero-order valence-electron chi connectivity index (χ0n) is 12.3. The van der Waals surface area contributed by atoms with E-state index in [2.05, 4.69) is 5.32 Å². The average Bonchev–Trinajstić information content (AvgIpc) is 2.47. The van der Waals surface area contributed by atoms with Crippen LogP contribution >= 0.6 is 0 Å². The van der Waals surface area contributed by atoms with Gasteiger partial charge in [0.05, 0.1) is 13.0 Å². The molecule has 0 aliphatic carbocycles. The number of fused-ring (bicyclic) bond motifs is 1. The molecule has 0 aliphatic rings. The minimum Gasteiger partial charge on any atom is -0.464 e. The van der Waals surface area contributed by atoms with E-state index in [1.165, 1.54) is 0 Å². The van der Waals surface area contributed by atoms with Gasteiger partial charge in [0.25, 0.3) is 0 Å². The van der Waals surface area contributed by atoms with Crippen molar-refractivity contribution < 1.29 is 14.3 Å². The van der Waals surface area contributed by atoms with Crippen molar-refractivity contribution in [3.63, 3.8) is 0 Å². The number of hydrogen-bond acceptors (Lipinski definition) is 3. The quantitative estimate of drug-likeness (QED) is 0.859. The van der Waals surface area contributed by atoms with Gasteiger partial charge in [-0.2, -0.15) is 0 Å². The van der Waals surface area contributed by atoms with Gasteiger partial charge in [-0.3, -0.25) is 4.79 Å². The van der Waals surface area contributed by atoms with E-state index in [-0.39, 0.29) is 12.3 Å². The van der Waals surface area contributed by atoms with Crippen molar-refractivity contribution >= 4 is 22.6 Å². The lowest BCUT2D eigenvalue weighted by Crippen LogP contribution is -2.40. The van der Waals surface area contributed by atoms with Gasteiger partial charge in [-0.05, 0) is 30.2 Å². The molecule has 2 aromatic rings. The first-order valence-corrected chi connectivity index (χ1v) is 7.04. The average molecular weight is 285 g/mol. The van der Waals surface area contributed by atoms with Crippen molar-refractivity contribution in [2.45, 2.75) is 26.3 Å². The summed E-state index contributed by atoms with van der Waals surface area (Å²) < 4.78 is 4.87. The first kappa shape index (κ1) is 15.0. The number of rotatable bonds is 5. The van der Waals surface area contributed by atoms with Gasteiger partial charge in [-0.15, -0.1) is 0 Å². The van der Waals surface area contributed by atoms with Gasteiger partial charge >= 0.3 is 5.97 Å². The summed E-state index contributed by atoms with van der Waals surface area (Å²) in [7, 11) is 0. The van der Waals surface area contributed by atoms with Gasteiger partial charge in [-0.25, -0.2) is 4.79 Å². The third kappa shape index (κ3) is 3.81. The molecule has 0 spiro atoms. The molecule has 0 aromatic heterocycles. The largest absolute Gasteiger partial charge is 0.464 e. The fourth-order valence-corrected chi connectivity index (χ4v) is 2.24. The van der Waals surface area contributed by atoms with Crippen molar-refractivity contribution in [2.24, 2.45) is 0 Å². The molecule has 1 amide bonds. The van der Waals surface area contributed by atoms with E-state index in [9.17, 15) is 9.59 Å².